The van der Waals surface area contributed by atoms with Crippen molar-refractivity contribution in [1.82, 2.24) is 42.2 Å². The minimum Gasteiger partial charge on any atom is -0.481 e. The summed E-state index contributed by atoms with van der Waals surface area (Å²) in [5, 5.41) is 27.5. The zero-order valence-electron chi connectivity index (χ0n) is 45.6. The number of thioether (sulfide) groups is 1. The number of fused-ring (bicyclic) bond motifs is 1. The standard InChI is InChI=1S/C53H63N11O19S3/c1-84-20-19-38(50(72)64-43(26-46(67)68)53(75)61-39(47(56)69)21-29-7-3-2-4-8-29)60-52(74)42(24-32-27-57-37-10-6-5-9-35(32)37)59-45(66)28-58-49(71)40(22-30-11-15-33(16-12-30)82-85(76,77)78)63-51(73)41(62-48(70)36(54)25-44(55)65)23-31-13-17-34(18-14-31)83-86(79,80)81/h2-18,27,36,38-43,57H,19-26,28,54H2,1H3,(H2,55,65)(H2,56,69)(H,58,71)(H,59,66)(H,60,74)(H,61,75)(H,62,70)(H,63,73)(H,64,72)(H,67,68)(H,76,77,78)(H,79,80,81)/t36-,38-,39-,40-,41-,42-,43?/m0/s1. The first-order chi connectivity index (χ1) is 40.6. The number of amides is 9. The molecule has 0 radical (unpaired) electrons. The number of benzene rings is 4. The van der Waals surface area contributed by atoms with Crippen molar-refractivity contribution in [2.24, 2.45) is 17.2 Å². The molecule has 4 aromatic carbocycles. The Hall–Kier alpha value is -9.15. The molecule has 0 aliphatic rings. The lowest BCUT2D eigenvalue weighted by Crippen LogP contribution is -2.59. The van der Waals surface area contributed by atoms with Gasteiger partial charge in [-0.05, 0) is 71.0 Å². The van der Waals surface area contributed by atoms with Crippen LogP contribution in [0.4, 0.5) is 0 Å². The first-order valence-electron chi connectivity index (χ1n) is 25.8. The van der Waals surface area contributed by atoms with Crippen LogP contribution in [0.2, 0.25) is 0 Å². The first kappa shape index (κ1) is 67.6. The van der Waals surface area contributed by atoms with Gasteiger partial charge >= 0.3 is 26.8 Å². The summed E-state index contributed by atoms with van der Waals surface area (Å²) in [5.41, 5.74) is 18.9. The summed E-state index contributed by atoms with van der Waals surface area (Å²) in [6, 6.07) is 13.8. The fraction of sp³-hybridized carbons (Fsp3) is 0.321. The summed E-state index contributed by atoms with van der Waals surface area (Å²) in [4.78, 5) is 137. The summed E-state index contributed by atoms with van der Waals surface area (Å²) in [6.45, 7) is -0.900. The van der Waals surface area contributed by atoms with Crippen LogP contribution in [0.25, 0.3) is 10.9 Å². The van der Waals surface area contributed by atoms with Crippen LogP contribution in [0.3, 0.4) is 0 Å². The number of primary amides is 2. The fourth-order valence-electron chi connectivity index (χ4n) is 8.40. The molecule has 0 spiro atoms. The summed E-state index contributed by atoms with van der Waals surface area (Å²) in [5.74, 6) is -11.1. The van der Waals surface area contributed by atoms with Crippen LogP contribution in [-0.2, 0) is 94.4 Å². The Balaban J connectivity index is 1.40. The normalized spacial score (nSPS) is 13.8. The van der Waals surface area contributed by atoms with Crippen molar-refractivity contribution in [2.75, 3.05) is 18.6 Å². The van der Waals surface area contributed by atoms with Gasteiger partial charge in [0, 0.05) is 42.8 Å². The largest absolute Gasteiger partial charge is 0.481 e. The third-order valence-electron chi connectivity index (χ3n) is 12.5. The molecule has 0 saturated heterocycles. The van der Waals surface area contributed by atoms with E-state index in [4.69, 9.17) is 21.8 Å². The molecule has 5 rings (SSSR count). The molecule has 33 heteroatoms. The van der Waals surface area contributed by atoms with Crippen LogP contribution in [0, 0.1) is 0 Å². The summed E-state index contributed by atoms with van der Waals surface area (Å²) in [7, 11) is -9.90. The second kappa shape index (κ2) is 31.7. The number of para-hydroxylation sites is 1. The lowest BCUT2D eigenvalue weighted by Gasteiger charge is -2.26. The predicted molar refractivity (Wildman–Crippen MR) is 308 cm³/mol. The molecule has 462 valence electrons. The van der Waals surface area contributed by atoms with Crippen LogP contribution in [0.5, 0.6) is 11.5 Å². The molecule has 5 aromatic rings. The highest BCUT2D eigenvalue weighted by molar-refractivity contribution is 7.98. The van der Waals surface area contributed by atoms with E-state index in [0.29, 0.717) is 22.0 Å². The van der Waals surface area contributed by atoms with Gasteiger partial charge in [-0.25, -0.2) is 0 Å². The molecule has 7 atom stereocenters. The van der Waals surface area contributed by atoms with E-state index in [9.17, 15) is 74.4 Å². The average molecular weight is 1250 g/mol. The number of carboxylic acids is 1. The van der Waals surface area contributed by atoms with Gasteiger partial charge in [0.25, 0.3) is 0 Å². The molecule has 0 fully saturated rings. The number of H-pyrrole nitrogens is 1. The molecule has 1 heterocycles. The molecule has 0 saturated carbocycles. The topological polar surface area (TPSA) is 496 Å². The molecule has 0 bridgehead atoms. The van der Waals surface area contributed by atoms with Gasteiger partial charge in [-0.15, -0.1) is 0 Å². The molecule has 17 N–H and O–H groups in total. The van der Waals surface area contributed by atoms with Crippen LogP contribution in [-0.4, -0.2) is 156 Å². The van der Waals surface area contributed by atoms with Gasteiger partial charge in [-0.1, -0.05) is 72.8 Å². The molecule has 86 heavy (non-hydrogen) atoms. The Kier molecular flexibility index (Phi) is 24.9. The number of aromatic amines is 1. The van der Waals surface area contributed by atoms with Crippen molar-refractivity contribution in [3.8, 4) is 11.5 Å². The van der Waals surface area contributed by atoms with E-state index in [2.05, 4.69) is 50.6 Å². The lowest BCUT2D eigenvalue weighted by molar-refractivity contribution is -0.141. The van der Waals surface area contributed by atoms with E-state index in [1.165, 1.54) is 36.0 Å². The SMILES string of the molecule is CSCC[C@H](NC(=O)[C@H](Cc1c[nH]c2ccccc12)NC(=O)CNC(=O)[C@H](Cc1ccc(OS(=O)(=O)O)cc1)NC(=O)[C@H](Cc1ccc(OS(=O)(=O)O)cc1)NC(=O)[C@@H](N)CC(N)=O)C(=O)NC(CC(=O)O)C(=O)N[C@@H](Cc1ccccc1)C(N)=O. The van der Waals surface area contributed by atoms with Crippen molar-refractivity contribution in [1.29, 1.82) is 0 Å². The number of hydrogen-bond acceptors (Lipinski definition) is 18. The van der Waals surface area contributed by atoms with E-state index in [-0.39, 0.29) is 47.6 Å². The number of carboxylic acid groups (broad SMARTS) is 1. The number of nitrogens with one attached hydrogen (secondary N) is 8. The number of aliphatic carboxylic acids is 1. The number of hydrogen-bond donors (Lipinski definition) is 14. The van der Waals surface area contributed by atoms with Crippen LogP contribution < -0.4 is 62.8 Å². The summed E-state index contributed by atoms with van der Waals surface area (Å²) < 4.78 is 72.5. The van der Waals surface area contributed by atoms with E-state index >= 15 is 0 Å². The molecule has 9 amide bonds. The van der Waals surface area contributed by atoms with Crippen LogP contribution in [0.15, 0.2) is 109 Å². The predicted octanol–water partition coefficient (Wildman–Crippen LogP) is -2.26. The van der Waals surface area contributed by atoms with Gasteiger partial charge < -0.3 is 72.9 Å². The lowest BCUT2D eigenvalue weighted by atomic mass is 10.0. The van der Waals surface area contributed by atoms with Gasteiger partial charge in [0.05, 0.1) is 25.4 Å². The van der Waals surface area contributed by atoms with Crippen LogP contribution >= 0.6 is 11.8 Å². The summed E-state index contributed by atoms with van der Waals surface area (Å²) in [6.07, 6.45) is 0.427. The fourth-order valence-corrected chi connectivity index (χ4v) is 9.58. The second-order valence-corrected chi connectivity index (χ2v) is 22.2. The molecule has 1 aromatic heterocycles. The second-order valence-electron chi connectivity index (χ2n) is 19.2. The van der Waals surface area contributed by atoms with E-state index in [0.717, 1.165) is 24.3 Å². The maximum absolute atomic E-state index is 14.5. The van der Waals surface area contributed by atoms with E-state index in [1.54, 1.807) is 67.0 Å². The minimum atomic E-state index is -4.97. The van der Waals surface area contributed by atoms with E-state index < -0.39 is 154 Å². The van der Waals surface area contributed by atoms with Gasteiger partial charge in [0.15, 0.2) is 0 Å². The highest BCUT2D eigenvalue weighted by Crippen LogP contribution is 2.21. The van der Waals surface area contributed by atoms with Gasteiger partial charge in [0.1, 0.15) is 47.8 Å². The zero-order chi connectivity index (χ0) is 63.3. The zero-order valence-corrected chi connectivity index (χ0v) is 48.1. The Bertz CT molecular complexity index is 3480. The van der Waals surface area contributed by atoms with Gasteiger partial charge in [-0.2, -0.15) is 28.6 Å². The van der Waals surface area contributed by atoms with Crippen molar-refractivity contribution in [2.45, 2.75) is 87.2 Å². The minimum absolute atomic E-state index is 0.0678. The Labute approximate surface area is 496 Å². The van der Waals surface area contributed by atoms with E-state index in [1.807, 2.05) is 0 Å². The molecule has 0 aliphatic heterocycles. The maximum Gasteiger partial charge on any atom is 0.446 e. The molecular formula is C53H63N11O19S3. The van der Waals surface area contributed by atoms with Crippen LogP contribution in [0.1, 0.15) is 41.5 Å². The third kappa shape index (κ3) is 22.8. The Morgan fingerprint density at radius 3 is 1.53 bits per heavy atom. The number of carbonyl (C=O) groups is 10. The van der Waals surface area contributed by atoms with Gasteiger partial charge in [0.2, 0.25) is 53.2 Å². The first-order valence-corrected chi connectivity index (χ1v) is 29.9. The van der Waals surface area contributed by atoms with Crippen molar-refractivity contribution in [3.05, 3.63) is 132 Å². The highest BCUT2D eigenvalue weighted by atomic mass is 32.3. The number of nitrogens with two attached hydrogens (primary N) is 3. The number of rotatable bonds is 34. The summed E-state index contributed by atoms with van der Waals surface area (Å²) >= 11 is 1.27. The highest BCUT2D eigenvalue weighted by Gasteiger charge is 2.34. The number of aromatic nitrogens is 1. The van der Waals surface area contributed by atoms with Crippen molar-refractivity contribution >= 4 is 103 Å². The average Bonchev–Trinajstić information content (AvgIpc) is 2.73. The molecule has 0 aliphatic carbocycles. The Morgan fingerprint density at radius 1 is 0.547 bits per heavy atom. The van der Waals surface area contributed by atoms with Crippen molar-refractivity contribution < 1.29 is 87.4 Å². The molecule has 1 unspecified atom stereocenters. The Morgan fingerprint density at radius 2 is 1.00 bits per heavy atom. The molecular weight excluding hydrogens is 1190 g/mol. The van der Waals surface area contributed by atoms with Crippen molar-refractivity contribution in [3.63, 3.8) is 0 Å². The number of carbonyl (C=O) groups excluding carboxylic acids is 9. The van der Waals surface area contributed by atoms with Gasteiger partial charge in [-0.3, -0.25) is 57.1 Å². The quantitative estimate of drug-likeness (QED) is 0.0193. The maximum atomic E-state index is 14.5. The molecule has 30 nitrogen and oxygen atoms in total. The monoisotopic (exact) mass is 1250 g/mol. The smallest absolute Gasteiger partial charge is 0.446 e. The third-order valence-corrected chi connectivity index (χ3v) is 14.0.